The lowest BCUT2D eigenvalue weighted by atomic mass is 10.1. The summed E-state index contributed by atoms with van der Waals surface area (Å²) in [6.07, 6.45) is -0.173. The Morgan fingerprint density at radius 3 is 2.44 bits per heavy atom. The van der Waals surface area contributed by atoms with Gasteiger partial charge in [0.2, 0.25) is 5.91 Å². The largest absolute Gasteiger partial charge is 0.370 e. The predicted molar refractivity (Wildman–Crippen MR) is 106 cm³/mol. The summed E-state index contributed by atoms with van der Waals surface area (Å²) < 4.78 is 5.80. The zero-order chi connectivity index (χ0) is 19.4. The molecule has 0 bridgehead atoms. The molecular formula is C20H22ClN3O3. The summed E-state index contributed by atoms with van der Waals surface area (Å²) in [5.74, 6) is -0.0478. The zero-order valence-corrected chi connectivity index (χ0v) is 16.1. The van der Waals surface area contributed by atoms with Crippen LogP contribution in [0.2, 0.25) is 5.02 Å². The van der Waals surface area contributed by atoms with E-state index in [0.717, 1.165) is 11.3 Å². The van der Waals surface area contributed by atoms with E-state index in [-0.39, 0.29) is 18.0 Å². The molecule has 2 aromatic carbocycles. The number of carbonyl (C=O) groups excluding carboxylic acids is 2. The number of hydrogen-bond donors (Lipinski definition) is 1. The van der Waals surface area contributed by atoms with Crippen LogP contribution in [0.5, 0.6) is 0 Å². The average molecular weight is 388 g/mol. The van der Waals surface area contributed by atoms with Crippen LogP contribution in [0.3, 0.4) is 0 Å². The number of anilines is 2. The molecule has 0 radical (unpaired) electrons. The number of carbonyl (C=O) groups is 2. The van der Waals surface area contributed by atoms with Gasteiger partial charge in [-0.25, -0.2) is 4.79 Å². The van der Waals surface area contributed by atoms with E-state index in [0.29, 0.717) is 30.4 Å². The third kappa shape index (κ3) is 4.78. The van der Waals surface area contributed by atoms with Crippen LogP contribution in [0.1, 0.15) is 18.6 Å². The van der Waals surface area contributed by atoms with E-state index in [1.165, 1.54) is 6.92 Å². The van der Waals surface area contributed by atoms with Crippen molar-refractivity contribution in [3.8, 4) is 0 Å². The highest BCUT2D eigenvalue weighted by molar-refractivity contribution is 6.30. The Balaban J connectivity index is 1.62. The number of urea groups is 1. The highest BCUT2D eigenvalue weighted by Crippen LogP contribution is 2.24. The lowest BCUT2D eigenvalue weighted by molar-refractivity contribution is -0.116. The van der Waals surface area contributed by atoms with Gasteiger partial charge in [-0.05, 0) is 42.0 Å². The van der Waals surface area contributed by atoms with Crippen LogP contribution in [0.4, 0.5) is 16.2 Å². The summed E-state index contributed by atoms with van der Waals surface area (Å²) in [5.41, 5.74) is 2.44. The molecule has 1 heterocycles. The Morgan fingerprint density at radius 2 is 1.81 bits per heavy atom. The molecule has 1 unspecified atom stereocenters. The minimum Gasteiger partial charge on any atom is -0.370 e. The van der Waals surface area contributed by atoms with Gasteiger partial charge in [-0.15, -0.1) is 0 Å². The molecule has 142 valence electrons. The first-order chi connectivity index (χ1) is 12.9. The van der Waals surface area contributed by atoms with E-state index in [1.807, 2.05) is 24.3 Å². The standard InChI is InChI=1S/C20H22ClN3O3/c1-14(25)23(2)18-9-7-17(8-10-18)22-20(26)24-11-12-27-19(13-24)15-3-5-16(21)6-4-15/h3-10,19H,11-13H2,1-2H3,(H,22,26). The van der Waals surface area contributed by atoms with Crippen LogP contribution in [-0.4, -0.2) is 43.6 Å². The average Bonchev–Trinajstić information content (AvgIpc) is 2.68. The molecule has 1 atom stereocenters. The monoisotopic (exact) mass is 387 g/mol. The smallest absolute Gasteiger partial charge is 0.322 e. The molecule has 0 aromatic heterocycles. The molecule has 3 amide bonds. The maximum absolute atomic E-state index is 12.6. The van der Waals surface area contributed by atoms with Crippen molar-refractivity contribution in [3.63, 3.8) is 0 Å². The van der Waals surface area contributed by atoms with Crippen LogP contribution in [-0.2, 0) is 9.53 Å². The van der Waals surface area contributed by atoms with E-state index in [4.69, 9.17) is 16.3 Å². The molecule has 27 heavy (non-hydrogen) atoms. The van der Waals surface area contributed by atoms with Gasteiger partial charge in [0.15, 0.2) is 0 Å². The molecule has 1 aliphatic rings. The summed E-state index contributed by atoms with van der Waals surface area (Å²) in [5, 5.41) is 3.56. The molecule has 1 aliphatic heterocycles. The number of ether oxygens (including phenoxy) is 1. The van der Waals surface area contributed by atoms with Gasteiger partial charge in [-0.3, -0.25) is 4.79 Å². The number of nitrogens with one attached hydrogen (secondary N) is 1. The fraction of sp³-hybridized carbons (Fsp3) is 0.300. The minimum absolute atomic E-state index is 0.0478. The quantitative estimate of drug-likeness (QED) is 0.868. The van der Waals surface area contributed by atoms with Crippen LogP contribution >= 0.6 is 11.6 Å². The van der Waals surface area contributed by atoms with Crippen LogP contribution < -0.4 is 10.2 Å². The summed E-state index contributed by atoms with van der Waals surface area (Å²) in [4.78, 5) is 27.3. The van der Waals surface area contributed by atoms with Crippen molar-refractivity contribution in [2.75, 3.05) is 37.0 Å². The normalized spacial score (nSPS) is 16.7. The van der Waals surface area contributed by atoms with Crippen LogP contribution in [0.15, 0.2) is 48.5 Å². The molecule has 3 rings (SSSR count). The van der Waals surface area contributed by atoms with E-state index < -0.39 is 0 Å². The number of nitrogens with zero attached hydrogens (tertiary/aromatic N) is 2. The van der Waals surface area contributed by atoms with Gasteiger partial charge in [0.05, 0.1) is 13.2 Å². The number of benzene rings is 2. The van der Waals surface area contributed by atoms with Crippen LogP contribution in [0.25, 0.3) is 0 Å². The first kappa shape index (κ1) is 19.2. The number of rotatable bonds is 3. The molecule has 0 spiro atoms. The third-order valence-corrected chi connectivity index (χ3v) is 4.83. The van der Waals surface area contributed by atoms with Gasteiger partial charge < -0.3 is 19.9 Å². The molecular weight excluding hydrogens is 366 g/mol. The second-order valence-electron chi connectivity index (χ2n) is 6.41. The zero-order valence-electron chi connectivity index (χ0n) is 15.3. The second-order valence-corrected chi connectivity index (χ2v) is 6.85. The number of hydrogen-bond acceptors (Lipinski definition) is 3. The van der Waals surface area contributed by atoms with E-state index in [9.17, 15) is 9.59 Å². The highest BCUT2D eigenvalue weighted by atomic mass is 35.5. The number of halogens is 1. The van der Waals surface area contributed by atoms with Gasteiger partial charge >= 0.3 is 6.03 Å². The number of morpholine rings is 1. The molecule has 2 aromatic rings. The summed E-state index contributed by atoms with van der Waals surface area (Å²) in [6.45, 7) is 2.98. The molecule has 1 N–H and O–H groups in total. The minimum atomic E-state index is -0.176. The van der Waals surface area contributed by atoms with Gasteiger partial charge in [0.1, 0.15) is 6.10 Å². The van der Waals surface area contributed by atoms with E-state index in [1.54, 1.807) is 41.1 Å². The Bertz CT molecular complexity index is 808. The molecule has 1 saturated heterocycles. The van der Waals surface area contributed by atoms with Crippen molar-refractivity contribution in [1.82, 2.24) is 4.90 Å². The molecule has 6 nitrogen and oxygen atoms in total. The molecule has 1 fully saturated rings. The SMILES string of the molecule is CC(=O)N(C)c1ccc(NC(=O)N2CCOC(c3ccc(Cl)cc3)C2)cc1. The van der Waals surface area contributed by atoms with Crippen molar-refractivity contribution >= 4 is 34.9 Å². The number of amides is 3. The summed E-state index contributed by atoms with van der Waals surface area (Å²) in [7, 11) is 1.71. The van der Waals surface area contributed by atoms with Gasteiger partial charge in [-0.2, -0.15) is 0 Å². The predicted octanol–water partition coefficient (Wildman–Crippen LogP) is 3.93. The molecule has 0 saturated carbocycles. The maximum Gasteiger partial charge on any atom is 0.322 e. The lowest BCUT2D eigenvalue weighted by Gasteiger charge is -2.33. The first-order valence-corrected chi connectivity index (χ1v) is 9.09. The Hall–Kier alpha value is -2.57. The summed E-state index contributed by atoms with van der Waals surface area (Å²) in [6, 6.07) is 14.5. The summed E-state index contributed by atoms with van der Waals surface area (Å²) >= 11 is 5.93. The first-order valence-electron chi connectivity index (χ1n) is 8.71. The second kappa shape index (κ2) is 8.41. The molecule has 0 aliphatic carbocycles. The third-order valence-electron chi connectivity index (χ3n) is 4.57. The molecule has 7 heteroatoms. The van der Waals surface area contributed by atoms with Crippen molar-refractivity contribution in [2.24, 2.45) is 0 Å². The van der Waals surface area contributed by atoms with Crippen LogP contribution in [0, 0.1) is 0 Å². The maximum atomic E-state index is 12.6. The van der Waals surface area contributed by atoms with Crippen molar-refractivity contribution in [1.29, 1.82) is 0 Å². The Morgan fingerprint density at radius 1 is 1.15 bits per heavy atom. The fourth-order valence-electron chi connectivity index (χ4n) is 2.87. The van der Waals surface area contributed by atoms with Gasteiger partial charge in [-0.1, -0.05) is 23.7 Å². The van der Waals surface area contributed by atoms with Gasteiger partial charge in [0.25, 0.3) is 0 Å². The van der Waals surface area contributed by atoms with Crippen molar-refractivity contribution < 1.29 is 14.3 Å². The van der Waals surface area contributed by atoms with E-state index in [2.05, 4.69) is 5.32 Å². The van der Waals surface area contributed by atoms with Gasteiger partial charge in [0, 0.05) is 36.9 Å². The van der Waals surface area contributed by atoms with Crippen molar-refractivity contribution in [2.45, 2.75) is 13.0 Å². The topological polar surface area (TPSA) is 61.9 Å². The van der Waals surface area contributed by atoms with Crippen molar-refractivity contribution in [3.05, 3.63) is 59.1 Å². The fourth-order valence-corrected chi connectivity index (χ4v) is 2.99. The highest BCUT2D eigenvalue weighted by Gasteiger charge is 2.25. The Kier molecular flexibility index (Phi) is 5.98. The Labute approximate surface area is 163 Å². The van der Waals surface area contributed by atoms with E-state index >= 15 is 0 Å². The lowest BCUT2D eigenvalue weighted by Crippen LogP contribution is -2.44.